The third-order valence-corrected chi connectivity index (χ3v) is 3.77. The van der Waals surface area contributed by atoms with Crippen LogP contribution < -0.4 is 5.32 Å². The van der Waals surface area contributed by atoms with Gasteiger partial charge in [0, 0.05) is 12.1 Å². The zero-order valence-electron chi connectivity index (χ0n) is 7.40. The first-order valence-electron chi connectivity index (χ1n) is 4.15. The fourth-order valence-electron chi connectivity index (χ4n) is 1.40. The van der Waals surface area contributed by atoms with Crippen molar-refractivity contribution in [1.82, 2.24) is 5.32 Å². The first-order valence-corrected chi connectivity index (χ1v) is 5.97. The molecule has 0 aromatic heterocycles. The van der Waals surface area contributed by atoms with Crippen molar-refractivity contribution in [1.29, 1.82) is 0 Å². The standard InChI is InChI=1S/C7H14FNO3S/c1-5(2-8)9-6-3-13(11,12)4-7(6)10/h5-7,9-10H,2-4H2,1H3/t5-,6?,7?/m0/s1. The third kappa shape index (κ3) is 2.89. The van der Waals surface area contributed by atoms with Crippen molar-refractivity contribution in [3.63, 3.8) is 0 Å². The number of aliphatic hydroxyl groups excluding tert-OH is 1. The number of nitrogens with one attached hydrogen (secondary N) is 1. The molecule has 0 aliphatic carbocycles. The molecule has 0 aromatic carbocycles. The van der Waals surface area contributed by atoms with Crippen LogP contribution in [0.25, 0.3) is 0 Å². The Labute approximate surface area is 77.1 Å². The molecule has 1 heterocycles. The SMILES string of the molecule is C[C@@H](CF)NC1CS(=O)(=O)CC1O. The lowest BCUT2D eigenvalue weighted by Gasteiger charge is -2.18. The summed E-state index contributed by atoms with van der Waals surface area (Å²) in [5, 5.41) is 12.0. The van der Waals surface area contributed by atoms with Gasteiger partial charge in [-0.25, -0.2) is 12.8 Å². The highest BCUT2D eigenvalue weighted by Gasteiger charge is 2.36. The van der Waals surface area contributed by atoms with E-state index < -0.39 is 34.7 Å². The van der Waals surface area contributed by atoms with Crippen LogP contribution in [0.4, 0.5) is 4.39 Å². The number of sulfone groups is 1. The maximum Gasteiger partial charge on any atom is 0.154 e. The average molecular weight is 211 g/mol. The highest BCUT2D eigenvalue weighted by Crippen LogP contribution is 2.12. The fourth-order valence-corrected chi connectivity index (χ4v) is 3.15. The van der Waals surface area contributed by atoms with Crippen LogP contribution in [0.2, 0.25) is 0 Å². The number of halogens is 1. The number of hydrogen-bond acceptors (Lipinski definition) is 4. The topological polar surface area (TPSA) is 66.4 Å². The van der Waals surface area contributed by atoms with Gasteiger partial charge in [0.25, 0.3) is 0 Å². The Hall–Kier alpha value is -0.200. The quantitative estimate of drug-likeness (QED) is 0.634. The van der Waals surface area contributed by atoms with Crippen LogP contribution in [0.15, 0.2) is 0 Å². The summed E-state index contributed by atoms with van der Waals surface area (Å²) in [6.45, 7) is 1.04. The Bertz CT molecular complexity index is 267. The van der Waals surface area contributed by atoms with E-state index in [0.717, 1.165) is 0 Å². The van der Waals surface area contributed by atoms with Crippen LogP contribution in [0.5, 0.6) is 0 Å². The van der Waals surface area contributed by atoms with Crippen LogP contribution in [-0.2, 0) is 9.84 Å². The highest BCUT2D eigenvalue weighted by molar-refractivity contribution is 7.91. The zero-order valence-corrected chi connectivity index (χ0v) is 8.22. The van der Waals surface area contributed by atoms with Crippen molar-refractivity contribution in [2.45, 2.75) is 25.1 Å². The van der Waals surface area contributed by atoms with Crippen LogP contribution in [0, 0.1) is 0 Å². The van der Waals surface area contributed by atoms with Gasteiger partial charge in [-0.1, -0.05) is 0 Å². The molecule has 13 heavy (non-hydrogen) atoms. The van der Waals surface area contributed by atoms with Gasteiger partial charge in [-0.15, -0.1) is 0 Å². The molecule has 0 radical (unpaired) electrons. The molecule has 78 valence electrons. The molecule has 0 spiro atoms. The lowest BCUT2D eigenvalue weighted by molar-refractivity contribution is 0.157. The molecule has 0 amide bonds. The van der Waals surface area contributed by atoms with Crippen LogP contribution in [0.1, 0.15) is 6.92 Å². The lowest BCUT2D eigenvalue weighted by atomic mass is 10.2. The molecule has 6 heteroatoms. The highest BCUT2D eigenvalue weighted by atomic mass is 32.2. The molecule has 2 unspecified atom stereocenters. The van der Waals surface area contributed by atoms with Gasteiger partial charge in [-0.05, 0) is 6.92 Å². The van der Waals surface area contributed by atoms with Gasteiger partial charge in [-0.2, -0.15) is 0 Å². The van der Waals surface area contributed by atoms with Crippen molar-refractivity contribution in [2.24, 2.45) is 0 Å². The number of hydrogen-bond donors (Lipinski definition) is 2. The summed E-state index contributed by atoms with van der Waals surface area (Å²) in [6, 6.07) is -0.927. The molecule has 1 aliphatic rings. The number of rotatable bonds is 3. The monoisotopic (exact) mass is 211 g/mol. The first-order chi connectivity index (χ1) is 5.94. The Morgan fingerprint density at radius 3 is 2.62 bits per heavy atom. The molecule has 0 bridgehead atoms. The van der Waals surface area contributed by atoms with E-state index in [-0.39, 0.29) is 11.5 Å². The normalized spacial score (nSPS) is 34.7. The van der Waals surface area contributed by atoms with E-state index in [2.05, 4.69) is 5.32 Å². The van der Waals surface area contributed by atoms with Crippen LogP contribution >= 0.6 is 0 Å². The summed E-state index contributed by atoms with van der Waals surface area (Å²) in [5.74, 6) is -0.317. The summed E-state index contributed by atoms with van der Waals surface area (Å²) < 4.78 is 34.1. The van der Waals surface area contributed by atoms with E-state index in [1.807, 2.05) is 0 Å². The predicted molar refractivity (Wildman–Crippen MR) is 47.0 cm³/mol. The maximum absolute atomic E-state index is 12.1. The average Bonchev–Trinajstić information content (AvgIpc) is 2.24. The summed E-state index contributed by atoms with van der Waals surface area (Å²) in [4.78, 5) is 0. The van der Waals surface area contributed by atoms with Crippen molar-refractivity contribution in [3.05, 3.63) is 0 Å². The van der Waals surface area contributed by atoms with Gasteiger partial charge in [-0.3, -0.25) is 0 Å². The third-order valence-electron chi connectivity index (χ3n) is 2.05. The second kappa shape index (κ2) is 3.89. The molecule has 1 fully saturated rings. The molecular weight excluding hydrogens is 197 g/mol. The smallest absolute Gasteiger partial charge is 0.154 e. The summed E-state index contributed by atoms with van der Waals surface area (Å²) in [5.41, 5.74) is 0. The summed E-state index contributed by atoms with van der Waals surface area (Å²) >= 11 is 0. The Morgan fingerprint density at radius 1 is 1.62 bits per heavy atom. The zero-order chi connectivity index (χ0) is 10.1. The Kier molecular flexibility index (Phi) is 3.26. The predicted octanol–water partition coefficient (Wildman–Crippen LogP) is -0.908. The van der Waals surface area contributed by atoms with E-state index in [9.17, 15) is 17.9 Å². The minimum Gasteiger partial charge on any atom is -0.390 e. The van der Waals surface area contributed by atoms with Crippen molar-refractivity contribution in [3.8, 4) is 0 Å². The van der Waals surface area contributed by atoms with Gasteiger partial charge in [0.05, 0.1) is 17.6 Å². The second-order valence-corrected chi connectivity index (χ2v) is 5.63. The number of alkyl halides is 1. The molecule has 0 saturated carbocycles. The van der Waals surface area contributed by atoms with Gasteiger partial charge in [0.2, 0.25) is 0 Å². The van der Waals surface area contributed by atoms with E-state index in [0.29, 0.717) is 0 Å². The molecular formula is C7H14FNO3S. The van der Waals surface area contributed by atoms with E-state index in [4.69, 9.17) is 0 Å². The summed E-state index contributed by atoms with van der Waals surface area (Å²) in [6.07, 6.45) is -0.904. The second-order valence-electron chi connectivity index (χ2n) is 3.47. The number of aliphatic hydroxyl groups is 1. The van der Waals surface area contributed by atoms with E-state index >= 15 is 0 Å². The minimum atomic E-state index is -3.13. The van der Waals surface area contributed by atoms with Crippen LogP contribution in [-0.4, -0.2) is 49.9 Å². The van der Waals surface area contributed by atoms with Crippen LogP contribution in [0.3, 0.4) is 0 Å². The van der Waals surface area contributed by atoms with Crippen molar-refractivity contribution in [2.75, 3.05) is 18.2 Å². The maximum atomic E-state index is 12.1. The first kappa shape index (κ1) is 10.9. The van der Waals surface area contributed by atoms with E-state index in [1.54, 1.807) is 6.92 Å². The van der Waals surface area contributed by atoms with Crippen molar-refractivity contribution < 1.29 is 17.9 Å². The molecule has 1 rings (SSSR count). The lowest BCUT2D eigenvalue weighted by Crippen LogP contribution is -2.44. The molecule has 3 atom stereocenters. The largest absolute Gasteiger partial charge is 0.390 e. The van der Waals surface area contributed by atoms with E-state index in [1.165, 1.54) is 0 Å². The van der Waals surface area contributed by atoms with Gasteiger partial charge in [0.1, 0.15) is 6.67 Å². The molecule has 1 aliphatic heterocycles. The molecule has 2 N–H and O–H groups in total. The minimum absolute atomic E-state index is 0.0987. The molecule has 0 aromatic rings. The fraction of sp³-hybridized carbons (Fsp3) is 1.00. The van der Waals surface area contributed by atoms with Crippen molar-refractivity contribution >= 4 is 9.84 Å². The van der Waals surface area contributed by atoms with Gasteiger partial charge >= 0.3 is 0 Å². The molecule has 1 saturated heterocycles. The van der Waals surface area contributed by atoms with Gasteiger partial charge in [0.15, 0.2) is 9.84 Å². The molecule has 4 nitrogen and oxygen atoms in total. The van der Waals surface area contributed by atoms with Gasteiger partial charge < -0.3 is 10.4 Å². The Morgan fingerprint density at radius 2 is 2.23 bits per heavy atom. The Balaban J connectivity index is 2.53. The summed E-state index contributed by atoms with van der Waals surface area (Å²) in [7, 11) is -3.13.